The number of carbonyl (C=O) groups excluding carboxylic acids is 1. The fraction of sp³-hybridized carbons (Fsp3) is 0.273. The number of halogens is 1. The smallest absolute Gasteiger partial charge is 0.279 e. The standard InChI is InChI=1S/C22H24ClN3OS/c1-14-9-15(2)21(16(3)10-14)25-20(27)12-26(4)11-19-13-28-22(24-19)17-5-7-18(23)8-6-17/h5-10,13H,11-12H2,1-4H3,(H,25,27)/p+1. The fourth-order valence-corrected chi connectivity index (χ4v) is 4.27. The molecule has 28 heavy (non-hydrogen) atoms. The first-order chi connectivity index (χ1) is 13.3. The normalized spacial score (nSPS) is 12.0. The minimum Gasteiger partial charge on any atom is -0.325 e. The Hall–Kier alpha value is -2.21. The van der Waals surface area contributed by atoms with Crippen LogP contribution in [0.5, 0.6) is 0 Å². The maximum Gasteiger partial charge on any atom is 0.279 e. The molecular weight excluding hydrogens is 390 g/mol. The Morgan fingerprint density at radius 3 is 2.43 bits per heavy atom. The van der Waals surface area contributed by atoms with Crippen LogP contribution in [0.15, 0.2) is 41.8 Å². The molecule has 0 bridgehead atoms. The molecule has 0 saturated carbocycles. The highest BCUT2D eigenvalue weighted by Crippen LogP contribution is 2.25. The van der Waals surface area contributed by atoms with Crippen molar-refractivity contribution in [2.75, 3.05) is 18.9 Å². The summed E-state index contributed by atoms with van der Waals surface area (Å²) in [7, 11) is 2.01. The largest absolute Gasteiger partial charge is 0.325 e. The predicted octanol–water partition coefficient (Wildman–Crippen LogP) is 4.04. The number of amides is 1. The van der Waals surface area contributed by atoms with Gasteiger partial charge in [0.15, 0.2) is 6.54 Å². The predicted molar refractivity (Wildman–Crippen MR) is 117 cm³/mol. The molecule has 2 N–H and O–H groups in total. The first-order valence-electron chi connectivity index (χ1n) is 9.21. The lowest BCUT2D eigenvalue weighted by Gasteiger charge is -2.15. The van der Waals surface area contributed by atoms with Gasteiger partial charge in [-0.25, -0.2) is 4.98 Å². The number of likely N-dealkylation sites (N-methyl/N-ethyl adjacent to an activating group) is 1. The Balaban J connectivity index is 1.59. The van der Waals surface area contributed by atoms with Gasteiger partial charge in [-0.1, -0.05) is 41.4 Å². The third-order valence-corrected chi connectivity index (χ3v) is 5.72. The highest BCUT2D eigenvalue weighted by atomic mass is 35.5. The molecular formula is C22H25ClN3OS+. The van der Waals surface area contributed by atoms with Gasteiger partial charge in [-0.3, -0.25) is 4.79 Å². The lowest BCUT2D eigenvalue weighted by molar-refractivity contribution is -0.885. The van der Waals surface area contributed by atoms with Crippen LogP contribution in [0.2, 0.25) is 5.02 Å². The number of hydrogen-bond donors (Lipinski definition) is 2. The molecule has 1 atom stereocenters. The summed E-state index contributed by atoms with van der Waals surface area (Å²) < 4.78 is 0. The zero-order valence-corrected chi connectivity index (χ0v) is 18.2. The van der Waals surface area contributed by atoms with Gasteiger partial charge >= 0.3 is 0 Å². The van der Waals surface area contributed by atoms with Gasteiger partial charge in [-0.15, -0.1) is 11.3 Å². The van der Waals surface area contributed by atoms with Crippen molar-refractivity contribution in [2.45, 2.75) is 27.3 Å². The van der Waals surface area contributed by atoms with Gasteiger partial charge in [0.2, 0.25) is 0 Å². The van der Waals surface area contributed by atoms with Crippen molar-refractivity contribution in [2.24, 2.45) is 0 Å². The van der Waals surface area contributed by atoms with Crippen molar-refractivity contribution >= 4 is 34.5 Å². The number of carbonyl (C=O) groups is 1. The third-order valence-electron chi connectivity index (χ3n) is 4.53. The minimum atomic E-state index is 0.0145. The first kappa shape index (κ1) is 20.5. The Kier molecular flexibility index (Phi) is 6.50. The van der Waals surface area contributed by atoms with E-state index in [2.05, 4.69) is 29.8 Å². The quantitative estimate of drug-likeness (QED) is 0.639. The van der Waals surface area contributed by atoms with Crippen LogP contribution in [0.1, 0.15) is 22.4 Å². The molecule has 146 valence electrons. The van der Waals surface area contributed by atoms with E-state index in [9.17, 15) is 4.79 Å². The number of thiazole rings is 1. The molecule has 0 spiro atoms. The van der Waals surface area contributed by atoms with E-state index < -0.39 is 0 Å². The molecule has 3 aromatic rings. The SMILES string of the molecule is Cc1cc(C)c(NC(=O)C[NH+](C)Cc2csc(-c3ccc(Cl)cc3)n2)c(C)c1. The molecule has 0 aliphatic carbocycles. The Morgan fingerprint density at radius 1 is 1.14 bits per heavy atom. The Morgan fingerprint density at radius 2 is 1.79 bits per heavy atom. The Labute approximate surface area is 175 Å². The third kappa shape index (κ3) is 5.19. The summed E-state index contributed by atoms with van der Waals surface area (Å²) in [6, 6.07) is 11.9. The zero-order valence-electron chi connectivity index (χ0n) is 16.6. The summed E-state index contributed by atoms with van der Waals surface area (Å²) in [6.07, 6.45) is 0. The highest BCUT2D eigenvalue weighted by molar-refractivity contribution is 7.13. The van der Waals surface area contributed by atoms with Crippen LogP contribution in [0, 0.1) is 20.8 Å². The first-order valence-corrected chi connectivity index (χ1v) is 10.5. The van der Waals surface area contributed by atoms with Gasteiger partial charge < -0.3 is 10.2 Å². The lowest BCUT2D eigenvalue weighted by atomic mass is 10.1. The van der Waals surface area contributed by atoms with Crippen molar-refractivity contribution < 1.29 is 9.69 Å². The van der Waals surface area contributed by atoms with Crippen LogP contribution in [0.3, 0.4) is 0 Å². The fourth-order valence-electron chi connectivity index (χ4n) is 3.32. The topological polar surface area (TPSA) is 46.4 Å². The van der Waals surface area contributed by atoms with Gasteiger partial charge in [-0.05, 0) is 44.0 Å². The number of quaternary nitrogens is 1. The number of aromatic nitrogens is 1. The number of anilines is 1. The van der Waals surface area contributed by atoms with Crippen LogP contribution in [-0.2, 0) is 11.3 Å². The van der Waals surface area contributed by atoms with Crippen LogP contribution in [0.25, 0.3) is 10.6 Å². The molecule has 1 heterocycles. The van der Waals surface area contributed by atoms with E-state index in [-0.39, 0.29) is 5.91 Å². The summed E-state index contributed by atoms with van der Waals surface area (Å²) in [5.74, 6) is 0.0145. The van der Waals surface area contributed by atoms with Crippen molar-refractivity contribution in [1.29, 1.82) is 0 Å². The molecule has 0 saturated heterocycles. The van der Waals surface area contributed by atoms with Crippen molar-refractivity contribution in [1.82, 2.24) is 4.98 Å². The number of hydrogen-bond acceptors (Lipinski definition) is 3. The average Bonchev–Trinajstić information content (AvgIpc) is 3.07. The van der Waals surface area contributed by atoms with Crippen molar-refractivity contribution in [3.8, 4) is 10.6 Å². The number of aryl methyl sites for hydroxylation is 3. The van der Waals surface area contributed by atoms with Gasteiger partial charge in [0, 0.05) is 21.7 Å². The van der Waals surface area contributed by atoms with E-state index in [0.717, 1.165) is 43.0 Å². The number of benzene rings is 2. The molecule has 4 nitrogen and oxygen atoms in total. The number of nitrogens with one attached hydrogen (secondary N) is 2. The van der Waals surface area contributed by atoms with Crippen LogP contribution >= 0.6 is 22.9 Å². The summed E-state index contributed by atoms with van der Waals surface area (Å²) in [5, 5.41) is 6.81. The van der Waals surface area contributed by atoms with Gasteiger partial charge in [0.25, 0.3) is 5.91 Å². The van der Waals surface area contributed by atoms with E-state index in [0.29, 0.717) is 13.1 Å². The van der Waals surface area contributed by atoms with E-state index in [4.69, 9.17) is 16.6 Å². The summed E-state index contributed by atoms with van der Waals surface area (Å²) >= 11 is 7.56. The van der Waals surface area contributed by atoms with E-state index in [1.165, 1.54) is 5.56 Å². The monoisotopic (exact) mass is 414 g/mol. The van der Waals surface area contributed by atoms with Crippen molar-refractivity contribution in [3.05, 3.63) is 69.2 Å². The molecule has 0 aliphatic heterocycles. The molecule has 2 aromatic carbocycles. The molecule has 1 aromatic heterocycles. The van der Waals surface area contributed by atoms with Gasteiger partial charge in [-0.2, -0.15) is 0 Å². The minimum absolute atomic E-state index is 0.0145. The van der Waals surface area contributed by atoms with Gasteiger partial charge in [0.1, 0.15) is 17.2 Å². The van der Waals surface area contributed by atoms with Crippen LogP contribution in [0.4, 0.5) is 5.69 Å². The molecule has 3 rings (SSSR count). The summed E-state index contributed by atoms with van der Waals surface area (Å²) in [6.45, 7) is 7.21. The van der Waals surface area contributed by atoms with Crippen LogP contribution in [-0.4, -0.2) is 24.5 Å². The van der Waals surface area contributed by atoms with Gasteiger partial charge in [0.05, 0.1) is 7.05 Å². The van der Waals surface area contributed by atoms with Crippen LogP contribution < -0.4 is 10.2 Å². The van der Waals surface area contributed by atoms with Crippen molar-refractivity contribution in [3.63, 3.8) is 0 Å². The molecule has 6 heteroatoms. The average molecular weight is 415 g/mol. The summed E-state index contributed by atoms with van der Waals surface area (Å²) in [4.78, 5) is 18.3. The second-order valence-electron chi connectivity index (χ2n) is 7.28. The number of nitrogens with zero attached hydrogens (tertiary/aromatic N) is 1. The Bertz CT molecular complexity index is 959. The maximum atomic E-state index is 12.5. The molecule has 0 fully saturated rings. The summed E-state index contributed by atoms with van der Waals surface area (Å²) in [5.41, 5.74) is 6.35. The van der Waals surface area contributed by atoms with E-state index in [1.807, 2.05) is 45.2 Å². The second-order valence-corrected chi connectivity index (χ2v) is 8.58. The highest BCUT2D eigenvalue weighted by Gasteiger charge is 2.15. The van der Waals surface area contributed by atoms with E-state index in [1.54, 1.807) is 11.3 Å². The lowest BCUT2D eigenvalue weighted by Crippen LogP contribution is -3.08. The van der Waals surface area contributed by atoms with E-state index >= 15 is 0 Å². The molecule has 1 unspecified atom stereocenters. The second kappa shape index (κ2) is 8.86. The number of rotatable bonds is 6. The maximum absolute atomic E-state index is 12.5. The zero-order chi connectivity index (χ0) is 20.3. The molecule has 1 amide bonds. The molecule has 0 aliphatic rings. The molecule has 0 radical (unpaired) electrons.